The van der Waals surface area contributed by atoms with Gasteiger partial charge >= 0.3 is 6.18 Å². The molecule has 1 fully saturated rings. The normalized spacial score (nSPS) is 16.3. The topological polar surface area (TPSA) is 15.3 Å². The predicted molar refractivity (Wildman–Crippen MR) is 115 cm³/mol. The molecule has 1 saturated heterocycles. The Kier molecular flexibility index (Phi) is 9.00. The van der Waals surface area contributed by atoms with Crippen molar-refractivity contribution >= 4 is 12.4 Å². The van der Waals surface area contributed by atoms with Gasteiger partial charge in [-0.3, -0.25) is 4.90 Å². The largest absolute Gasteiger partial charge is 0.416 e. The molecular formula is C23H30ClF3N2. The zero-order valence-corrected chi connectivity index (χ0v) is 17.7. The van der Waals surface area contributed by atoms with E-state index < -0.39 is 11.7 Å². The fourth-order valence-electron chi connectivity index (χ4n) is 3.89. The van der Waals surface area contributed by atoms with Gasteiger partial charge in [0.2, 0.25) is 0 Å². The van der Waals surface area contributed by atoms with Gasteiger partial charge < -0.3 is 5.32 Å². The molecule has 1 atom stereocenters. The Bertz CT molecular complexity index is 723. The Labute approximate surface area is 177 Å². The van der Waals surface area contributed by atoms with Crippen LogP contribution in [0.25, 0.3) is 11.1 Å². The number of piperazine rings is 1. The Morgan fingerprint density at radius 1 is 0.897 bits per heavy atom. The van der Waals surface area contributed by atoms with E-state index in [1.165, 1.54) is 24.8 Å². The van der Waals surface area contributed by atoms with E-state index in [0.29, 0.717) is 6.04 Å². The first-order valence-electron chi connectivity index (χ1n) is 10.2. The second kappa shape index (κ2) is 11.0. The van der Waals surface area contributed by atoms with E-state index in [1.54, 1.807) is 12.1 Å². The number of hydrogen-bond acceptors (Lipinski definition) is 2. The Morgan fingerprint density at radius 3 is 1.97 bits per heavy atom. The first-order chi connectivity index (χ1) is 13.5. The SMILES string of the molecule is CCCCC[C@H](c1ccc(-c2ccc(C(F)(F)F)cc2)cc1)N1CCNCC1.Cl. The average Bonchev–Trinajstić information content (AvgIpc) is 2.72. The third-order valence-electron chi connectivity index (χ3n) is 5.51. The number of halogens is 4. The summed E-state index contributed by atoms with van der Waals surface area (Å²) in [5.74, 6) is 0. The second-order valence-corrected chi connectivity index (χ2v) is 7.49. The van der Waals surface area contributed by atoms with Crippen LogP contribution in [0.5, 0.6) is 0 Å². The van der Waals surface area contributed by atoms with E-state index in [2.05, 4.69) is 29.3 Å². The van der Waals surface area contributed by atoms with Gasteiger partial charge in [-0.05, 0) is 35.2 Å². The monoisotopic (exact) mass is 426 g/mol. The van der Waals surface area contributed by atoms with Crippen LogP contribution >= 0.6 is 12.4 Å². The van der Waals surface area contributed by atoms with Gasteiger partial charge in [-0.25, -0.2) is 0 Å². The molecule has 1 aliphatic heterocycles. The van der Waals surface area contributed by atoms with Crippen LogP contribution < -0.4 is 5.32 Å². The number of alkyl halides is 3. The molecule has 160 valence electrons. The molecule has 0 radical (unpaired) electrons. The number of unbranched alkanes of at least 4 members (excludes halogenated alkanes) is 2. The van der Waals surface area contributed by atoms with Crippen LogP contribution in [0, 0.1) is 0 Å². The highest BCUT2D eigenvalue weighted by molar-refractivity contribution is 5.85. The number of benzene rings is 2. The highest BCUT2D eigenvalue weighted by Crippen LogP contribution is 2.32. The fraction of sp³-hybridized carbons (Fsp3) is 0.478. The summed E-state index contributed by atoms with van der Waals surface area (Å²) in [6.07, 6.45) is 0.518. The Balaban J connectivity index is 0.00000300. The summed E-state index contributed by atoms with van der Waals surface area (Å²) in [5, 5.41) is 3.41. The number of nitrogens with zero attached hydrogens (tertiary/aromatic N) is 1. The van der Waals surface area contributed by atoms with Crippen LogP contribution in [0.3, 0.4) is 0 Å². The summed E-state index contributed by atoms with van der Waals surface area (Å²) >= 11 is 0. The minimum absolute atomic E-state index is 0. The van der Waals surface area contributed by atoms with Gasteiger partial charge in [0.05, 0.1) is 5.56 Å². The van der Waals surface area contributed by atoms with Gasteiger partial charge in [0, 0.05) is 32.2 Å². The quantitative estimate of drug-likeness (QED) is 0.521. The van der Waals surface area contributed by atoms with Gasteiger partial charge in [0.15, 0.2) is 0 Å². The molecule has 1 N–H and O–H groups in total. The minimum atomic E-state index is -4.29. The molecule has 0 spiro atoms. The summed E-state index contributed by atoms with van der Waals surface area (Å²) in [6, 6.07) is 14.2. The van der Waals surface area contributed by atoms with Crippen LogP contribution in [0.1, 0.15) is 49.8 Å². The van der Waals surface area contributed by atoms with Crippen molar-refractivity contribution in [3.8, 4) is 11.1 Å². The van der Waals surface area contributed by atoms with Crippen molar-refractivity contribution < 1.29 is 13.2 Å². The lowest BCUT2D eigenvalue weighted by Gasteiger charge is -2.35. The van der Waals surface area contributed by atoms with E-state index in [0.717, 1.165) is 55.9 Å². The molecule has 1 heterocycles. The molecule has 2 aromatic carbocycles. The van der Waals surface area contributed by atoms with Crippen molar-refractivity contribution in [1.82, 2.24) is 10.2 Å². The second-order valence-electron chi connectivity index (χ2n) is 7.49. The maximum Gasteiger partial charge on any atom is 0.416 e. The molecule has 0 amide bonds. The lowest BCUT2D eigenvalue weighted by atomic mass is 9.95. The molecular weight excluding hydrogens is 397 g/mol. The van der Waals surface area contributed by atoms with E-state index >= 15 is 0 Å². The third-order valence-corrected chi connectivity index (χ3v) is 5.51. The van der Waals surface area contributed by atoms with Crippen LogP contribution in [-0.2, 0) is 6.18 Å². The van der Waals surface area contributed by atoms with E-state index in [-0.39, 0.29) is 12.4 Å². The van der Waals surface area contributed by atoms with E-state index in [4.69, 9.17) is 0 Å². The zero-order chi connectivity index (χ0) is 20.0. The number of hydrogen-bond donors (Lipinski definition) is 1. The van der Waals surface area contributed by atoms with Crippen LogP contribution in [0.4, 0.5) is 13.2 Å². The molecule has 0 unspecified atom stereocenters. The standard InChI is InChI=1S/C23H29F3N2.ClH/c1-2-3-4-5-22(28-16-14-27-15-17-28)20-8-6-18(7-9-20)19-10-12-21(13-11-19)23(24,25)26;/h6-13,22,27H,2-5,14-17H2,1H3;1H/t22-;/m1./s1. The van der Waals surface area contributed by atoms with Gasteiger partial charge in [0.1, 0.15) is 0 Å². The van der Waals surface area contributed by atoms with Gasteiger partial charge in [0.25, 0.3) is 0 Å². The molecule has 2 nitrogen and oxygen atoms in total. The van der Waals surface area contributed by atoms with Crippen LogP contribution in [-0.4, -0.2) is 31.1 Å². The average molecular weight is 427 g/mol. The van der Waals surface area contributed by atoms with Crippen molar-refractivity contribution in [2.45, 2.75) is 44.8 Å². The molecule has 0 aromatic heterocycles. The van der Waals surface area contributed by atoms with Crippen molar-refractivity contribution in [2.24, 2.45) is 0 Å². The van der Waals surface area contributed by atoms with Crippen molar-refractivity contribution in [1.29, 1.82) is 0 Å². The van der Waals surface area contributed by atoms with Crippen LogP contribution in [0.15, 0.2) is 48.5 Å². The molecule has 6 heteroatoms. The molecule has 0 aliphatic carbocycles. The maximum atomic E-state index is 12.8. The maximum absolute atomic E-state index is 12.8. The minimum Gasteiger partial charge on any atom is -0.314 e. The molecule has 1 aliphatic rings. The number of rotatable bonds is 7. The zero-order valence-electron chi connectivity index (χ0n) is 16.8. The lowest BCUT2D eigenvalue weighted by Crippen LogP contribution is -2.45. The summed E-state index contributed by atoms with van der Waals surface area (Å²) < 4.78 is 38.3. The Hall–Kier alpha value is -1.56. The smallest absolute Gasteiger partial charge is 0.314 e. The van der Waals surface area contributed by atoms with E-state index in [1.807, 2.05) is 12.1 Å². The molecule has 29 heavy (non-hydrogen) atoms. The van der Waals surface area contributed by atoms with Crippen molar-refractivity contribution in [3.05, 3.63) is 59.7 Å². The van der Waals surface area contributed by atoms with Gasteiger partial charge in [-0.2, -0.15) is 13.2 Å². The first-order valence-corrected chi connectivity index (χ1v) is 10.2. The molecule has 0 bridgehead atoms. The summed E-state index contributed by atoms with van der Waals surface area (Å²) in [7, 11) is 0. The molecule has 2 aromatic rings. The van der Waals surface area contributed by atoms with Gasteiger partial charge in [-0.15, -0.1) is 12.4 Å². The fourth-order valence-corrected chi connectivity index (χ4v) is 3.89. The molecule has 3 rings (SSSR count). The summed E-state index contributed by atoms with van der Waals surface area (Å²) in [5.41, 5.74) is 2.45. The predicted octanol–water partition coefficient (Wildman–Crippen LogP) is 6.32. The third kappa shape index (κ3) is 6.46. The highest BCUT2D eigenvalue weighted by atomic mass is 35.5. The highest BCUT2D eigenvalue weighted by Gasteiger charge is 2.30. The van der Waals surface area contributed by atoms with E-state index in [9.17, 15) is 13.2 Å². The molecule has 0 saturated carbocycles. The summed E-state index contributed by atoms with van der Waals surface area (Å²) in [6.45, 7) is 6.37. The summed E-state index contributed by atoms with van der Waals surface area (Å²) in [4.78, 5) is 2.55. The van der Waals surface area contributed by atoms with Gasteiger partial charge in [-0.1, -0.05) is 62.6 Å². The van der Waals surface area contributed by atoms with Crippen molar-refractivity contribution in [3.63, 3.8) is 0 Å². The van der Waals surface area contributed by atoms with Crippen molar-refractivity contribution in [2.75, 3.05) is 26.2 Å². The first kappa shape index (κ1) is 23.7. The Morgan fingerprint density at radius 2 is 1.45 bits per heavy atom. The number of nitrogens with one attached hydrogen (secondary N) is 1. The van der Waals surface area contributed by atoms with Crippen LogP contribution in [0.2, 0.25) is 0 Å². The lowest BCUT2D eigenvalue weighted by molar-refractivity contribution is -0.137.